The minimum absolute atomic E-state index is 0.0647. The number of nitrogens with zero attached hydrogens (tertiary/aromatic N) is 1. The first-order valence-electron chi connectivity index (χ1n) is 6.27. The summed E-state index contributed by atoms with van der Waals surface area (Å²) in [6, 6.07) is 0. The van der Waals surface area contributed by atoms with Crippen LogP contribution in [0.5, 0.6) is 0 Å². The first kappa shape index (κ1) is 13.3. The Morgan fingerprint density at radius 1 is 1.47 bits per heavy atom. The van der Waals surface area contributed by atoms with E-state index >= 15 is 0 Å². The van der Waals surface area contributed by atoms with E-state index in [0.717, 1.165) is 19.3 Å². The number of sulfonamides is 1. The van der Waals surface area contributed by atoms with Gasteiger partial charge in [-0.15, -0.1) is 0 Å². The molecule has 17 heavy (non-hydrogen) atoms. The van der Waals surface area contributed by atoms with Crippen molar-refractivity contribution in [2.45, 2.75) is 44.3 Å². The molecule has 2 aliphatic heterocycles. The lowest BCUT2D eigenvalue weighted by Crippen LogP contribution is -2.63. The van der Waals surface area contributed by atoms with Gasteiger partial charge in [-0.3, -0.25) is 0 Å². The van der Waals surface area contributed by atoms with Crippen molar-refractivity contribution in [3.8, 4) is 0 Å². The third-order valence-corrected chi connectivity index (χ3v) is 5.31. The van der Waals surface area contributed by atoms with Crippen LogP contribution >= 0.6 is 0 Å². The number of hydrogen-bond donors (Lipinski definition) is 1. The molecule has 100 valence electrons. The molecule has 0 radical (unpaired) electrons. The molecule has 1 atom stereocenters. The summed E-state index contributed by atoms with van der Waals surface area (Å²) in [7, 11) is -3.25. The monoisotopic (exact) mass is 263 g/mol. The zero-order valence-corrected chi connectivity index (χ0v) is 11.1. The predicted molar refractivity (Wildman–Crippen MR) is 64.2 cm³/mol. The van der Waals surface area contributed by atoms with Crippen LogP contribution in [-0.4, -0.2) is 55.0 Å². The summed E-state index contributed by atoms with van der Waals surface area (Å²) < 4.78 is 30.7. The maximum Gasteiger partial charge on any atom is 0.216 e. The highest BCUT2D eigenvalue weighted by molar-refractivity contribution is 7.89. The first-order chi connectivity index (χ1) is 7.95. The number of rotatable bonds is 5. The molecular formula is C11H21NO4S. The largest absolute Gasteiger partial charge is 0.387 e. The van der Waals surface area contributed by atoms with Crippen molar-refractivity contribution in [2.24, 2.45) is 0 Å². The van der Waals surface area contributed by atoms with Crippen LogP contribution in [0.4, 0.5) is 0 Å². The van der Waals surface area contributed by atoms with Gasteiger partial charge in [0, 0.05) is 19.7 Å². The summed E-state index contributed by atoms with van der Waals surface area (Å²) in [5.41, 5.74) is -0.793. The lowest BCUT2D eigenvalue weighted by Gasteiger charge is -2.45. The molecular weight excluding hydrogens is 242 g/mol. The predicted octanol–water partition coefficient (Wildman–Crippen LogP) is 0.342. The van der Waals surface area contributed by atoms with Crippen LogP contribution in [0.2, 0.25) is 0 Å². The molecule has 1 N–H and O–H groups in total. The highest BCUT2D eigenvalue weighted by Gasteiger charge is 2.46. The zero-order chi connectivity index (χ0) is 12.5. The molecule has 2 aliphatic rings. The molecule has 0 aromatic rings. The number of ether oxygens (including phenoxy) is 1. The summed E-state index contributed by atoms with van der Waals surface area (Å²) in [5, 5.41) is 9.97. The molecule has 0 spiro atoms. The van der Waals surface area contributed by atoms with Crippen LogP contribution in [0, 0.1) is 0 Å². The molecule has 0 aromatic heterocycles. The maximum absolute atomic E-state index is 12.0. The van der Waals surface area contributed by atoms with Gasteiger partial charge in [-0.1, -0.05) is 13.3 Å². The average Bonchev–Trinajstić information content (AvgIpc) is 2.66. The molecule has 6 heteroatoms. The molecule has 0 aliphatic carbocycles. The quantitative estimate of drug-likeness (QED) is 0.777. The molecule has 0 saturated carbocycles. The second kappa shape index (κ2) is 4.84. The minimum Gasteiger partial charge on any atom is -0.387 e. The fraction of sp³-hybridized carbons (Fsp3) is 1.00. The summed E-state index contributed by atoms with van der Waals surface area (Å²) >= 11 is 0. The van der Waals surface area contributed by atoms with Crippen molar-refractivity contribution in [3.05, 3.63) is 0 Å². The first-order valence-corrected chi connectivity index (χ1v) is 7.88. The van der Waals surface area contributed by atoms with E-state index in [1.807, 2.05) is 6.92 Å². The minimum atomic E-state index is -3.25. The summed E-state index contributed by atoms with van der Waals surface area (Å²) in [5.74, 6) is 0.0647. The Balaban J connectivity index is 1.86. The number of hydrogen-bond acceptors (Lipinski definition) is 4. The van der Waals surface area contributed by atoms with E-state index in [-0.39, 0.29) is 24.9 Å². The fourth-order valence-electron chi connectivity index (χ4n) is 2.55. The van der Waals surface area contributed by atoms with Crippen LogP contribution in [0.1, 0.15) is 32.6 Å². The van der Waals surface area contributed by atoms with Crippen LogP contribution in [0.25, 0.3) is 0 Å². The van der Waals surface area contributed by atoms with Crippen molar-refractivity contribution in [1.82, 2.24) is 4.31 Å². The van der Waals surface area contributed by atoms with Crippen molar-refractivity contribution in [3.63, 3.8) is 0 Å². The molecule has 2 saturated heterocycles. The molecule has 1 unspecified atom stereocenters. The average molecular weight is 263 g/mol. The highest BCUT2D eigenvalue weighted by atomic mass is 32.2. The van der Waals surface area contributed by atoms with E-state index in [1.165, 1.54) is 4.31 Å². The summed E-state index contributed by atoms with van der Waals surface area (Å²) in [4.78, 5) is 0. The maximum atomic E-state index is 12.0. The number of β-amino-alcohol motifs (C(OH)–C–C–N with tert-alkyl or cyclic N) is 1. The Labute approximate surface area is 103 Å². The summed E-state index contributed by atoms with van der Waals surface area (Å²) in [6.07, 6.45) is 3.15. The van der Waals surface area contributed by atoms with E-state index in [9.17, 15) is 13.5 Å². The van der Waals surface area contributed by atoms with Crippen LogP contribution in [-0.2, 0) is 14.8 Å². The van der Waals surface area contributed by atoms with Gasteiger partial charge in [0.05, 0.1) is 17.5 Å². The van der Waals surface area contributed by atoms with Gasteiger partial charge < -0.3 is 9.84 Å². The van der Waals surface area contributed by atoms with Crippen molar-refractivity contribution >= 4 is 10.0 Å². The lowest BCUT2D eigenvalue weighted by molar-refractivity contribution is -0.0656. The van der Waals surface area contributed by atoms with Gasteiger partial charge in [-0.25, -0.2) is 8.42 Å². The standard InChI is InChI=1S/C11H21NO4S/c1-2-5-11(13)8-12(9-11)17(14,15)7-10-4-3-6-16-10/h10,13H,2-9H2,1H3. The van der Waals surface area contributed by atoms with Crippen LogP contribution < -0.4 is 0 Å². The molecule has 2 heterocycles. The SMILES string of the molecule is CCCC1(O)CN(S(=O)(=O)CC2CCCO2)C1. The second-order valence-corrected chi connectivity index (χ2v) is 7.17. The van der Waals surface area contributed by atoms with Gasteiger partial charge in [0.1, 0.15) is 0 Å². The lowest BCUT2D eigenvalue weighted by atomic mass is 9.92. The van der Waals surface area contributed by atoms with E-state index < -0.39 is 15.6 Å². The molecule has 5 nitrogen and oxygen atoms in total. The van der Waals surface area contributed by atoms with Crippen LogP contribution in [0.15, 0.2) is 0 Å². The topological polar surface area (TPSA) is 66.8 Å². The molecule has 0 amide bonds. The number of aliphatic hydroxyl groups is 1. The Morgan fingerprint density at radius 3 is 2.71 bits per heavy atom. The third-order valence-electron chi connectivity index (χ3n) is 3.47. The zero-order valence-electron chi connectivity index (χ0n) is 10.3. The fourth-order valence-corrected chi connectivity index (χ4v) is 4.36. The van der Waals surface area contributed by atoms with E-state index in [2.05, 4.69) is 0 Å². The Kier molecular flexibility index (Phi) is 3.77. The van der Waals surface area contributed by atoms with E-state index in [1.54, 1.807) is 0 Å². The Hall–Kier alpha value is -0.170. The van der Waals surface area contributed by atoms with Gasteiger partial charge in [-0.2, -0.15) is 4.31 Å². The van der Waals surface area contributed by atoms with Gasteiger partial charge in [-0.05, 0) is 19.3 Å². The summed E-state index contributed by atoms with van der Waals surface area (Å²) in [6.45, 7) is 3.15. The van der Waals surface area contributed by atoms with Gasteiger partial charge in [0.15, 0.2) is 0 Å². The van der Waals surface area contributed by atoms with Crippen molar-refractivity contribution in [1.29, 1.82) is 0 Å². The van der Waals surface area contributed by atoms with E-state index in [0.29, 0.717) is 13.0 Å². The Bertz CT molecular complexity index is 356. The Morgan fingerprint density at radius 2 is 2.18 bits per heavy atom. The van der Waals surface area contributed by atoms with Gasteiger partial charge in [0.25, 0.3) is 0 Å². The molecule has 0 aromatic carbocycles. The van der Waals surface area contributed by atoms with Crippen molar-refractivity contribution < 1.29 is 18.3 Å². The molecule has 2 fully saturated rings. The molecule has 2 rings (SSSR count). The highest BCUT2D eigenvalue weighted by Crippen LogP contribution is 2.29. The molecule has 0 bridgehead atoms. The van der Waals surface area contributed by atoms with Crippen molar-refractivity contribution in [2.75, 3.05) is 25.4 Å². The normalized spacial score (nSPS) is 29.2. The smallest absolute Gasteiger partial charge is 0.216 e. The third kappa shape index (κ3) is 2.99. The van der Waals surface area contributed by atoms with Gasteiger partial charge >= 0.3 is 0 Å². The van der Waals surface area contributed by atoms with Gasteiger partial charge in [0.2, 0.25) is 10.0 Å². The second-order valence-electron chi connectivity index (χ2n) is 5.16. The van der Waals surface area contributed by atoms with Crippen LogP contribution in [0.3, 0.4) is 0 Å². The van der Waals surface area contributed by atoms with E-state index in [4.69, 9.17) is 4.74 Å².